The third-order valence-electron chi connectivity index (χ3n) is 2.70. The summed E-state index contributed by atoms with van der Waals surface area (Å²) in [6, 6.07) is 4.45. The third-order valence-corrected chi connectivity index (χ3v) is 4.70. The van der Waals surface area contributed by atoms with Crippen LogP contribution in [0.1, 0.15) is 29.3 Å². The van der Waals surface area contributed by atoms with Gasteiger partial charge in [-0.2, -0.15) is 0 Å². The second-order valence-corrected chi connectivity index (χ2v) is 6.18. The maximum atomic E-state index is 12.3. The number of hydrogen-bond donors (Lipinski definition) is 1. The van der Waals surface area contributed by atoms with Gasteiger partial charge in [0.15, 0.2) is 0 Å². The molecule has 0 spiro atoms. The van der Waals surface area contributed by atoms with Crippen molar-refractivity contribution in [3.05, 3.63) is 29.3 Å². The summed E-state index contributed by atoms with van der Waals surface area (Å²) in [4.78, 5) is 11.2. The third kappa shape index (κ3) is 2.88. The Hall–Kier alpha value is -1.40. The highest BCUT2D eigenvalue weighted by atomic mass is 32.2. The van der Waals surface area contributed by atoms with Crippen molar-refractivity contribution in [2.45, 2.75) is 25.2 Å². The Morgan fingerprint density at radius 2 is 2.00 bits per heavy atom. The fraction of sp³-hybridized carbons (Fsp3) is 0.417. The molecule has 0 bridgehead atoms. The Bertz CT molecular complexity index is 552. The lowest BCUT2D eigenvalue weighted by molar-refractivity contribution is 0.1000. The van der Waals surface area contributed by atoms with Crippen LogP contribution in [0, 0.1) is 6.92 Å². The summed E-state index contributed by atoms with van der Waals surface area (Å²) in [5.74, 6) is -0.635. The van der Waals surface area contributed by atoms with Crippen molar-refractivity contribution in [1.29, 1.82) is 0 Å². The molecule has 0 unspecified atom stereocenters. The smallest absolute Gasteiger partial charge is 0.248 e. The van der Waals surface area contributed by atoms with E-state index in [4.69, 9.17) is 5.73 Å². The van der Waals surface area contributed by atoms with Gasteiger partial charge in [0.2, 0.25) is 15.9 Å². The average molecular weight is 270 g/mol. The van der Waals surface area contributed by atoms with Gasteiger partial charge >= 0.3 is 0 Å². The first-order chi connectivity index (χ1) is 8.30. The molecule has 0 atom stereocenters. The average Bonchev–Trinajstić information content (AvgIpc) is 2.29. The molecule has 2 N–H and O–H groups in total. The number of amides is 1. The van der Waals surface area contributed by atoms with Crippen LogP contribution in [0.5, 0.6) is 0 Å². The zero-order valence-corrected chi connectivity index (χ0v) is 11.6. The second kappa shape index (κ2) is 5.49. The molecule has 0 saturated heterocycles. The Morgan fingerprint density at radius 3 is 2.50 bits per heavy atom. The molecule has 0 fully saturated rings. The van der Waals surface area contributed by atoms with E-state index in [9.17, 15) is 13.2 Å². The normalized spacial score (nSPS) is 11.8. The number of nitrogens with two attached hydrogens (primary N) is 1. The number of sulfonamides is 1. The molecule has 1 amide bonds. The number of aryl methyl sites for hydroxylation is 1. The van der Waals surface area contributed by atoms with Crippen LogP contribution in [0.2, 0.25) is 0 Å². The number of rotatable bonds is 5. The topological polar surface area (TPSA) is 80.5 Å². The fourth-order valence-electron chi connectivity index (χ4n) is 1.63. The van der Waals surface area contributed by atoms with E-state index in [1.807, 2.05) is 6.92 Å². The van der Waals surface area contributed by atoms with Gasteiger partial charge < -0.3 is 5.73 Å². The monoisotopic (exact) mass is 270 g/mol. The molecular formula is C12H18N2O3S. The molecule has 1 rings (SSSR count). The molecule has 0 saturated carbocycles. The quantitative estimate of drug-likeness (QED) is 0.870. The van der Waals surface area contributed by atoms with E-state index in [0.29, 0.717) is 12.1 Å². The van der Waals surface area contributed by atoms with Crippen molar-refractivity contribution in [3.8, 4) is 0 Å². The molecule has 0 heterocycles. The summed E-state index contributed by atoms with van der Waals surface area (Å²) in [7, 11) is -2.04. The molecule has 0 aliphatic rings. The van der Waals surface area contributed by atoms with Gasteiger partial charge in [-0.3, -0.25) is 4.79 Å². The SMILES string of the molecule is CCCN(C)S(=O)(=O)c1cc(C(N)=O)ccc1C. The molecule has 1 aromatic carbocycles. The predicted octanol–water partition coefficient (Wildman–Crippen LogP) is 1.12. The maximum absolute atomic E-state index is 12.3. The molecule has 100 valence electrons. The van der Waals surface area contributed by atoms with Crippen LogP contribution in [-0.4, -0.2) is 32.2 Å². The van der Waals surface area contributed by atoms with Crippen molar-refractivity contribution < 1.29 is 13.2 Å². The van der Waals surface area contributed by atoms with Crippen LogP contribution < -0.4 is 5.73 Å². The molecule has 0 aliphatic heterocycles. The van der Waals surface area contributed by atoms with Crippen LogP contribution in [0.15, 0.2) is 23.1 Å². The Morgan fingerprint density at radius 1 is 1.39 bits per heavy atom. The van der Waals surface area contributed by atoms with E-state index < -0.39 is 15.9 Å². The van der Waals surface area contributed by atoms with Crippen LogP contribution in [-0.2, 0) is 10.0 Å². The van der Waals surface area contributed by atoms with Crippen LogP contribution in [0.25, 0.3) is 0 Å². The Labute approximate surface area is 108 Å². The van der Waals surface area contributed by atoms with E-state index in [2.05, 4.69) is 0 Å². The van der Waals surface area contributed by atoms with Gasteiger partial charge in [0.1, 0.15) is 0 Å². The molecule has 0 radical (unpaired) electrons. The summed E-state index contributed by atoms with van der Waals surface area (Å²) in [5, 5.41) is 0. The number of nitrogens with zero attached hydrogens (tertiary/aromatic N) is 1. The van der Waals surface area contributed by atoms with E-state index in [-0.39, 0.29) is 10.5 Å². The molecule has 0 aliphatic carbocycles. The Kier molecular flexibility index (Phi) is 4.48. The summed E-state index contributed by atoms with van der Waals surface area (Å²) in [6.45, 7) is 4.03. The van der Waals surface area contributed by atoms with Crippen LogP contribution >= 0.6 is 0 Å². The summed E-state index contributed by atoms with van der Waals surface area (Å²) < 4.78 is 25.9. The lowest BCUT2D eigenvalue weighted by Gasteiger charge is -2.18. The number of carbonyl (C=O) groups excluding carboxylic acids is 1. The highest BCUT2D eigenvalue weighted by molar-refractivity contribution is 7.89. The standard InChI is InChI=1S/C12H18N2O3S/c1-4-7-14(3)18(16,17)11-8-10(12(13)15)6-5-9(11)2/h5-6,8H,4,7H2,1-3H3,(H2,13,15). The van der Waals surface area contributed by atoms with Gasteiger partial charge in [-0.1, -0.05) is 13.0 Å². The van der Waals surface area contributed by atoms with E-state index in [1.54, 1.807) is 13.0 Å². The maximum Gasteiger partial charge on any atom is 0.248 e. The van der Waals surface area contributed by atoms with Gasteiger partial charge in [-0.05, 0) is 31.0 Å². The van der Waals surface area contributed by atoms with Gasteiger partial charge in [-0.25, -0.2) is 12.7 Å². The number of carbonyl (C=O) groups is 1. The zero-order chi connectivity index (χ0) is 13.9. The summed E-state index contributed by atoms with van der Waals surface area (Å²) in [5.41, 5.74) is 5.96. The highest BCUT2D eigenvalue weighted by Gasteiger charge is 2.22. The summed E-state index contributed by atoms with van der Waals surface area (Å²) >= 11 is 0. The second-order valence-electron chi connectivity index (χ2n) is 4.17. The van der Waals surface area contributed by atoms with Crippen LogP contribution in [0.4, 0.5) is 0 Å². The van der Waals surface area contributed by atoms with Crippen molar-refractivity contribution in [2.75, 3.05) is 13.6 Å². The predicted molar refractivity (Wildman–Crippen MR) is 69.8 cm³/mol. The molecule has 6 heteroatoms. The first kappa shape index (κ1) is 14.7. The van der Waals surface area contributed by atoms with Gasteiger partial charge in [-0.15, -0.1) is 0 Å². The molecule has 18 heavy (non-hydrogen) atoms. The number of primary amides is 1. The molecule has 0 aromatic heterocycles. The number of benzene rings is 1. The molecular weight excluding hydrogens is 252 g/mol. The molecule has 1 aromatic rings. The van der Waals surface area contributed by atoms with Gasteiger partial charge in [0.25, 0.3) is 0 Å². The van der Waals surface area contributed by atoms with Gasteiger partial charge in [0, 0.05) is 19.2 Å². The Balaban J connectivity index is 3.31. The minimum atomic E-state index is -3.56. The number of hydrogen-bond acceptors (Lipinski definition) is 3. The van der Waals surface area contributed by atoms with Crippen molar-refractivity contribution >= 4 is 15.9 Å². The first-order valence-corrected chi connectivity index (χ1v) is 7.11. The highest BCUT2D eigenvalue weighted by Crippen LogP contribution is 2.20. The van der Waals surface area contributed by atoms with E-state index in [1.165, 1.54) is 23.5 Å². The first-order valence-electron chi connectivity index (χ1n) is 5.67. The van der Waals surface area contributed by atoms with Gasteiger partial charge in [0.05, 0.1) is 4.90 Å². The van der Waals surface area contributed by atoms with E-state index >= 15 is 0 Å². The lowest BCUT2D eigenvalue weighted by atomic mass is 10.1. The van der Waals surface area contributed by atoms with Crippen LogP contribution in [0.3, 0.4) is 0 Å². The zero-order valence-electron chi connectivity index (χ0n) is 10.8. The minimum Gasteiger partial charge on any atom is -0.366 e. The molecule has 5 nitrogen and oxygen atoms in total. The summed E-state index contributed by atoms with van der Waals surface area (Å²) in [6.07, 6.45) is 0.726. The minimum absolute atomic E-state index is 0.134. The van der Waals surface area contributed by atoms with E-state index in [0.717, 1.165) is 6.42 Å². The van der Waals surface area contributed by atoms with Crippen molar-refractivity contribution in [1.82, 2.24) is 4.31 Å². The van der Waals surface area contributed by atoms with Crippen molar-refractivity contribution in [2.24, 2.45) is 5.73 Å². The largest absolute Gasteiger partial charge is 0.366 e. The van der Waals surface area contributed by atoms with Crippen molar-refractivity contribution in [3.63, 3.8) is 0 Å². The fourth-order valence-corrected chi connectivity index (χ4v) is 3.14. The lowest BCUT2D eigenvalue weighted by Crippen LogP contribution is -2.28.